The monoisotopic (exact) mass is 423 g/mol. The summed E-state index contributed by atoms with van der Waals surface area (Å²) < 4.78 is 6.04. The molecule has 0 atom stereocenters. The second-order valence-corrected chi connectivity index (χ2v) is 9.45. The molecule has 4 aromatic carbocycles. The zero-order valence-corrected chi connectivity index (χ0v) is 18.9. The van der Waals surface area contributed by atoms with E-state index in [1.54, 1.807) is 0 Å². The molecular formula is C28H25NOS. The number of hydrogen-bond acceptors (Lipinski definition) is 3. The molecule has 0 amide bonds. The topological polar surface area (TPSA) is 16.4 Å². The molecule has 0 spiro atoms. The maximum atomic E-state index is 6.04. The van der Waals surface area contributed by atoms with Crippen molar-refractivity contribution in [3.63, 3.8) is 0 Å². The second kappa shape index (κ2) is 7.51. The fraction of sp³-hybridized carbons (Fsp3) is 0.143. The molecule has 154 valence electrons. The fourth-order valence-electron chi connectivity index (χ4n) is 4.04. The molecule has 0 aliphatic carbocycles. The maximum absolute atomic E-state index is 6.04. The van der Waals surface area contributed by atoms with E-state index >= 15 is 0 Å². The van der Waals surface area contributed by atoms with Crippen molar-refractivity contribution < 1.29 is 4.42 Å². The number of hydrogen-bond donors (Lipinski definition) is 1. The molecule has 31 heavy (non-hydrogen) atoms. The van der Waals surface area contributed by atoms with Crippen molar-refractivity contribution in [3.05, 3.63) is 96.6 Å². The number of rotatable bonds is 3. The van der Waals surface area contributed by atoms with Gasteiger partial charge in [-0.05, 0) is 65.6 Å². The highest BCUT2D eigenvalue weighted by Crippen LogP contribution is 2.39. The molecule has 0 bridgehead atoms. The Bertz CT molecular complexity index is 1380. The third-order valence-corrected chi connectivity index (χ3v) is 5.98. The molecule has 0 saturated carbocycles. The van der Waals surface area contributed by atoms with Crippen LogP contribution in [0.1, 0.15) is 26.3 Å². The predicted octanol–water partition coefficient (Wildman–Crippen LogP) is 8.64. The normalized spacial score (nSPS) is 11.9. The van der Waals surface area contributed by atoms with E-state index in [4.69, 9.17) is 4.42 Å². The Kier molecular flexibility index (Phi) is 4.79. The van der Waals surface area contributed by atoms with Crippen LogP contribution in [-0.2, 0) is 5.41 Å². The number of nitrogens with zero attached hydrogens (tertiary/aromatic N) is 1. The highest BCUT2D eigenvalue weighted by atomic mass is 32.1. The second-order valence-electron chi connectivity index (χ2n) is 8.93. The molecule has 3 heteroatoms. The molecule has 0 saturated heterocycles. The first-order chi connectivity index (χ1) is 14.9. The third-order valence-electron chi connectivity index (χ3n) is 5.70. The lowest BCUT2D eigenvalue weighted by molar-refractivity contribution is 0.590. The van der Waals surface area contributed by atoms with Gasteiger partial charge in [0.1, 0.15) is 11.2 Å². The van der Waals surface area contributed by atoms with E-state index in [1.165, 1.54) is 5.56 Å². The van der Waals surface area contributed by atoms with Gasteiger partial charge in [0.2, 0.25) is 0 Å². The summed E-state index contributed by atoms with van der Waals surface area (Å²) in [5, 5.41) is 2.25. The first-order valence-electron chi connectivity index (χ1n) is 10.5. The number of para-hydroxylation sites is 1. The van der Waals surface area contributed by atoms with Gasteiger partial charge in [-0.25, -0.2) is 0 Å². The van der Waals surface area contributed by atoms with Gasteiger partial charge in [-0.3, -0.25) is 0 Å². The summed E-state index contributed by atoms with van der Waals surface area (Å²) >= 11 is 4.58. The lowest BCUT2D eigenvalue weighted by atomic mass is 9.87. The summed E-state index contributed by atoms with van der Waals surface area (Å²) in [6.45, 7) is 6.71. The Morgan fingerprint density at radius 2 is 1.32 bits per heavy atom. The van der Waals surface area contributed by atoms with Gasteiger partial charge >= 0.3 is 0 Å². The molecule has 1 heterocycles. The summed E-state index contributed by atoms with van der Waals surface area (Å²) in [6.07, 6.45) is 0. The van der Waals surface area contributed by atoms with E-state index in [-0.39, 0.29) is 5.41 Å². The van der Waals surface area contributed by atoms with Gasteiger partial charge in [0.15, 0.2) is 0 Å². The van der Waals surface area contributed by atoms with Crippen LogP contribution in [0.4, 0.5) is 17.1 Å². The van der Waals surface area contributed by atoms with E-state index < -0.39 is 0 Å². The lowest BCUT2D eigenvalue weighted by Gasteiger charge is -2.27. The first-order valence-corrected chi connectivity index (χ1v) is 11.0. The van der Waals surface area contributed by atoms with Crippen LogP contribution >= 0.6 is 12.6 Å². The third kappa shape index (κ3) is 3.70. The van der Waals surface area contributed by atoms with E-state index in [9.17, 15) is 0 Å². The van der Waals surface area contributed by atoms with Crippen molar-refractivity contribution in [2.75, 3.05) is 4.90 Å². The molecule has 0 aliphatic rings. The van der Waals surface area contributed by atoms with Crippen molar-refractivity contribution >= 4 is 51.6 Å². The number of fused-ring (bicyclic) bond motifs is 3. The van der Waals surface area contributed by atoms with Crippen LogP contribution in [-0.4, -0.2) is 0 Å². The minimum atomic E-state index is 0.114. The summed E-state index contributed by atoms with van der Waals surface area (Å²) in [4.78, 5) is 3.21. The van der Waals surface area contributed by atoms with Crippen LogP contribution in [0.2, 0.25) is 0 Å². The quantitative estimate of drug-likeness (QED) is 0.292. The minimum absolute atomic E-state index is 0.114. The van der Waals surface area contributed by atoms with Crippen molar-refractivity contribution in [3.8, 4) is 0 Å². The molecule has 2 nitrogen and oxygen atoms in total. The van der Waals surface area contributed by atoms with E-state index in [0.29, 0.717) is 0 Å². The van der Waals surface area contributed by atoms with Gasteiger partial charge in [-0.2, -0.15) is 0 Å². The van der Waals surface area contributed by atoms with E-state index in [2.05, 4.69) is 105 Å². The van der Waals surface area contributed by atoms with Crippen molar-refractivity contribution in [2.45, 2.75) is 31.1 Å². The van der Waals surface area contributed by atoms with Gasteiger partial charge in [0, 0.05) is 32.7 Å². The Morgan fingerprint density at radius 3 is 2.06 bits per heavy atom. The summed E-state index contributed by atoms with van der Waals surface area (Å²) in [7, 11) is 0. The average molecular weight is 424 g/mol. The number of benzene rings is 4. The summed E-state index contributed by atoms with van der Waals surface area (Å²) in [6, 6.07) is 31.7. The smallest absolute Gasteiger partial charge is 0.135 e. The SMILES string of the molecule is CC(C)(C)c1ccc(N(c2cccc(S)c2)c2ccc3oc4ccccc4c3c2)cc1. The maximum Gasteiger partial charge on any atom is 0.135 e. The number of anilines is 3. The molecule has 0 radical (unpaired) electrons. The Morgan fingerprint density at radius 1 is 0.645 bits per heavy atom. The van der Waals surface area contributed by atoms with Crippen molar-refractivity contribution in [2.24, 2.45) is 0 Å². The first kappa shape index (κ1) is 19.8. The Labute approximate surface area is 188 Å². The van der Waals surface area contributed by atoms with Gasteiger partial charge in [0.05, 0.1) is 0 Å². The zero-order valence-electron chi connectivity index (χ0n) is 18.0. The molecular weight excluding hydrogens is 398 g/mol. The predicted molar refractivity (Wildman–Crippen MR) is 134 cm³/mol. The fourth-order valence-corrected chi connectivity index (χ4v) is 4.26. The molecule has 0 unspecified atom stereocenters. The van der Waals surface area contributed by atoms with Crippen LogP contribution in [0, 0.1) is 0 Å². The molecule has 5 rings (SSSR count). The molecule has 0 fully saturated rings. The van der Waals surface area contributed by atoms with Crippen molar-refractivity contribution in [1.82, 2.24) is 0 Å². The van der Waals surface area contributed by atoms with Crippen LogP contribution in [0.3, 0.4) is 0 Å². The van der Waals surface area contributed by atoms with E-state index in [1.807, 2.05) is 24.3 Å². The molecule has 0 N–H and O–H groups in total. The standard InChI is InChI=1S/C28H25NOS/c1-28(2,3)19-11-13-20(14-12-19)29(21-7-6-8-23(31)17-21)22-15-16-27-25(18-22)24-9-4-5-10-26(24)30-27/h4-18,31H,1-3H3. The average Bonchev–Trinajstić information content (AvgIpc) is 3.12. The van der Waals surface area contributed by atoms with Gasteiger partial charge in [-0.1, -0.05) is 57.2 Å². The van der Waals surface area contributed by atoms with Crippen molar-refractivity contribution in [1.29, 1.82) is 0 Å². The largest absolute Gasteiger partial charge is 0.456 e. The molecule has 5 aromatic rings. The van der Waals surface area contributed by atoms with Crippen LogP contribution in [0.15, 0.2) is 100 Å². The molecule has 1 aromatic heterocycles. The lowest BCUT2D eigenvalue weighted by Crippen LogP contribution is -2.13. The summed E-state index contributed by atoms with van der Waals surface area (Å²) in [5.74, 6) is 0. The highest BCUT2D eigenvalue weighted by Gasteiger charge is 2.18. The van der Waals surface area contributed by atoms with Gasteiger partial charge in [0.25, 0.3) is 0 Å². The Hall–Kier alpha value is -3.17. The molecule has 0 aliphatic heterocycles. The van der Waals surface area contributed by atoms with E-state index in [0.717, 1.165) is 43.9 Å². The van der Waals surface area contributed by atoms with Crippen LogP contribution in [0.5, 0.6) is 0 Å². The Balaban J connectivity index is 1.70. The van der Waals surface area contributed by atoms with Gasteiger partial charge < -0.3 is 9.32 Å². The number of furan rings is 1. The van der Waals surface area contributed by atoms with Crippen LogP contribution in [0.25, 0.3) is 21.9 Å². The zero-order chi connectivity index (χ0) is 21.6. The number of thiol groups is 1. The summed E-state index contributed by atoms with van der Waals surface area (Å²) in [5.41, 5.74) is 6.51. The highest BCUT2D eigenvalue weighted by molar-refractivity contribution is 7.80. The van der Waals surface area contributed by atoms with Gasteiger partial charge in [-0.15, -0.1) is 12.6 Å². The van der Waals surface area contributed by atoms with Crippen LogP contribution < -0.4 is 4.90 Å². The minimum Gasteiger partial charge on any atom is -0.456 e.